The highest BCUT2D eigenvalue weighted by Gasteiger charge is 2.26. The fraction of sp³-hybridized carbons (Fsp3) is 0.500. The number of nitrogens with zero attached hydrogens (tertiary/aromatic N) is 1. The van der Waals surface area contributed by atoms with Crippen molar-refractivity contribution in [1.82, 2.24) is 0 Å². The number of carbonyl (C=O) groups is 1. The summed E-state index contributed by atoms with van der Waals surface area (Å²) in [4.78, 5) is 19.7. The zero-order valence-corrected chi connectivity index (χ0v) is 12.1. The normalized spacial score (nSPS) is 14.7. The van der Waals surface area contributed by atoms with Gasteiger partial charge in [0.15, 0.2) is 18.9 Å². The number of aliphatic hydroxyl groups excluding tert-OH is 1. The highest BCUT2D eigenvalue weighted by molar-refractivity contribution is 7.32. The fourth-order valence-corrected chi connectivity index (χ4v) is 2.13. The maximum absolute atomic E-state index is 11.1. The summed E-state index contributed by atoms with van der Waals surface area (Å²) in [5, 5.41) is 10.1. The molecule has 1 aromatic heterocycles. The molecule has 0 saturated heterocycles. The standard InChI is InChI=1S/C12H17N2O5P/c1-2-9(8-19-20(17)18)11(15)7-14-5-3-4-10(6-14)12(13)16/h3-6,9,11,15H,2,7-8H2,1H3,(H-2,13,16,17,18)/p+2. The van der Waals surface area contributed by atoms with Crippen molar-refractivity contribution in [2.24, 2.45) is 11.7 Å². The average Bonchev–Trinajstić information content (AvgIpc) is 2.39. The third-order valence-electron chi connectivity index (χ3n) is 3.01. The molecule has 1 rings (SSSR count). The largest absolute Gasteiger partial charge is 0.694 e. The first-order chi connectivity index (χ1) is 9.43. The first kappa shape index (κ1) is 16.7. The molecule has 0 spiro atoms. The number of pyridine rings is 1. The van der Waals surface area contributed by atoms with Gasteiger partial charge in [0, 0.05) is 16.5 Å². The first-order valence-electron chi connectivity index (χ1n) is 6.20. The fourth-order valence-electron chi connectivity index (χ4n) is 1.81. The van der Waals surface area contributed by atoms with Gasteiger partial charge < -0.3 is 10.8 Å². The lowest BCUT2D eigenvalue weighted by molar-refractivity contribution is -0.704. The van der Waals surface area contributed by atoms with Crippen molar-refractivity contribution in [3.8, 4) is 0 Å². The second-order valence-corrected chi connectivity index (χ2v) is 5.16. The van der Waals surface area contributed by atoms with Gasteiger partial charge in [-0.3, -0.25) is 4.79 Å². The molecule has 0 aliphatic carbocycles. The van der Waals surface area contributed by atoms with E-state index >= 15 is 0 Å². The Kier molecular flexibility index (Phi) is 6.67. The van der Waals surface area contributed by atoms with E-state index in [0.29, 0.717) is 12.0 Å². The SMILES string of the molecule is CCC(CO[P+](=O)O)C(O)C[n+]1cccc(C(N)=O)c1. The van der Waals surface area contributed by atoms with Gasteiger partial charge in [-0.25, -0.2) is 4.57 Å². The van der Waals surface area contributed by atoms with Crippen LogP contribution in [0.2, 0.25) is 0 Å². The molecule has 0 fully saturated rings. The first-order valence-corrected chi connectivity index (χ1v) is 7.33. The smallest absolute Gasteiger partial charge is 0.386 e. The Labute approximate surface area is 117 Å². The van der Waals surface area contributed by atoms with Crippen LogP contribution in [0.4, 0.5) is 0 Å². The Morgan fingerprint density at radius 2 is 2.30 bits per heavy atom. The second-order valence-electron chi connectivity index (χ2n) is 4.42. The third kappa shape index (κ3) is 5.30. The van der Waals surface area contributed by atoms with Crippen molar-refractivity contribution in [2.75, 3.05) is 6.61 Å². The van der Waals surface area contributed by atoms with E-state index in [-0.39, 0.29) is 19.1 Å². The molecule has 3 unspecified atom stereocenters. The summed E-state index contributed by atoms with van der Waals surface area (Å²) in [5.41, 5.74) is 5.53. The lowest BCUT2D eigenvalue weighted by Crippen LogP contribution is -2.43. The van der Waals surface area contributed by atoms with Crippen LogP contribution < -0.4 is 10.3 Å². The van der Waals surface area contributed by atoms with Crippen LogP contribution in [0.1, 0.15) is 23.7 Å². The molecule has 1 heterocycles. The van der Waals surface area contributed by atoms with Crippen molar-refractivity contribution in [3.05, 3.63) is 30.1 Å². The van der Waals surface area contributed by atoms with Gasteiger partial charge in [-0.1, -0.05) is 6.92 Å². The molecular formula is C12H19N2O5P+2. The summed E-state index contributed by atoms with van der Waals surface area (Å²) in [7, 11) is -2.67. The van der Waals surface area contributed by atoms with Gasteiger partial charge in [-0.05, 0) is 12.5 Å². The highest BCUT2D eigenvalue weighted by atomic mass is 31.1. The lowest BCUT2D eigenvalue weighted by Gasteiger charge is -2.16. The van der Waals surface area contributed by atoms with E-state index in [9.17, 15) is 14.5 Å². The molecule has 3 atom stereocenters. The van der Waals surface area contributed by atoms with Gasteiger partial charge in [0.2, 0.25) is 0 Å². The molecule has 20 heavy (non-hydrogen) atoms. The third-order valence-corrected chi connectivity index (χ3v) is 3.38. The van der Waals surface area contributed by atoms with Crippen LogP contribution in [0.3, 0.4) is 0 Å². The van der Waals surface area contributed by atoms with E-state index in [1.165, 1.54) is 0 Å². The molecule has 8 heteroatoms. The number of amides is 1. The number of primary amides is 1. The molecule has 1 amide bonds. The van der Waals surface area contributed by atoms with E-state index in [2.05, 4.69) is 4.52 Å². The van der Waals surface area contributed by atoms with Crippen LogP contribution in [0.15, 0.2) is 24.5 Å². The lowest BCUT2D eigenvalue weighted by atomic mass is 10.0. The van der Waals surface area contributed by atoms with E-state index < -0.39 is 20.3 Å². The van der Waals surface area contributed by atoms with Gasteiger partial charge >= 0.3 is 8.25 Å². The summed E-state index contributed by atoms with van der Waals surface area (Å²) in [6.07, 6.45) is 3.09. The topological polar surface area (TPSA) is 114 Å². The minimum Gasteiger partial charge on any atom is -0.386 e. The van der Waals surface area contributed by atoms with Crippen LogP contribution in [-0.2, 0) is 15.6 Å². The molecule has 0 radical (unpaired) electrons. The minimum absolute atomic E-state index is 0.000555. The maximum Gasteiger partial charge on any atom is 0.694 e. The van der Waals surface area contributed by atoms with Crippen LogP contribution in [-0.4, -0.2) is 28.6 Å². The van der Waals surface area contributed by atoms with Crippen molar-refractivity contribution in [3.63, 3.8) is 0 Å². The molecule has 1 aromatic rings. The maximum atomic E-state index is 11.1. The molecule has 0 aliphatic rings. The molecule has 0 aromatic carbocycles. The predicted octanol–water partition coefficient (Wildman–Crippen LogP) is 0.126. The number of hydrogen-bond acceptors (Lipinski definition) is 4. The molecule has 4 N–H and O–H groups in total. The number of rotatable bonds is 8. The number of aromatic nitrogens is 1. The molecule has 110 valence electrons. The Hall–Kier alpha value is -1.40. The number of aliphatic hydroxyl groups is 1. The highest BCUT2D eigenvalue weighted by Crippen LogP contribution is 2.19. The Balaban J connectivity index is 2.67. The Morgan fingerprint density at radius 3 is 2.85 bits per heavy atom. The van der Waals surface area contributed by atoms with E-state index in [1.807, 2.05) is 6.92 Å². The summed E-state index contributed by atoms with van der Waals surface area (Å²) < 4.78 is 16.8. The van der Waals surface area contributed by atoms with Crippen molar-refractivity contribution < 1.29 is 28.5 Å². The van der Waals surface area contributed by atoms with Crippen molar-refractivity contribution in [1.29, 1.82) is 0 Å². The summed E-state index contributed by atoms with van der Waals surface area (Å²) in [6, 6.07) is 3.25. The van der Waals surface area contributed by atoms with Crippen molar-refractivity contribution in [2.45, 2.75) is 26.0 Å². The monoisotopic (exact) mass is 302 g/mol. The van der Waals surface area contributed by atoms with Gasteiger partial charge in [0.1, 0.15) is 18.3 Å². The van der Waals surface area contributed by atoms with Crippen LogP contribution >= 0.6 is 8.25 Å². The number of hydrogen-bond donors (Lipinski definition) is 3. The van der Waals surface area contributed by atoms with E-state index in [0.717, 1.165) is 0 Å². The Morgan fingerprint density at radius 1 is 1.60 bits per heavy atom. The molecule has 0 aliphatic heterocycles. The zero-order chi connectivity index (χ0) is 15.1. The predicted molar refractivity (Wildman–Crippen MR) is 70.7 cm³/mol. The summed E-state index contributed by atoms with van der Waals surface area (Å²) in [5.74, 6) is -0.813. The summed E-state index contributed by atoms with van der Waals surface area (Å²) in [6.45, 7) is 2.09. The second kappa shape index (κ2) is 8.01. The number of nitrogens with two attached hydrogens (primary N) is 1. The van der Waals surface area contributed by atoms with Crippen LogP contribution in [0.25, 0.3) is 0 Å². The molecule has 0 saturated carbocycles. The average molecular weight is 302 g/mol. The molecule has 0 bridgehead atoms. The number of carbonyl (C=O) groups excluding carboxylic acids is 1. The van der Waals surface area contributed by atoms with E-state index in [1.54, 1.807) is 29.1 Å². The van der Waals surface area contributed by atoms with Crippen molar-refractivity contribution >= 4 is 14.2 Å². The zero-order valence-electron chi connectivity index (χ0n) is 11.2. The molecule has 7 nitrogen and oxygen atoms in total. The van der Waals surface area contributed by atoms with Crippen LogP contribution in [0, 0.1) is 5.92 Å². The van der Waals surface area contributed by atoms with E-state index in [4.69, 9.17) is 10.6 Å². The van der Waals surface area contributed by atoms with Gasteiger partial charge in [-0.2, -0.15) is 0 Å². The Bertz CT molecular complexity index is 483. The van der Waals surface area contributed by atoms with Crippen LogP contribution in [0.5, 0.6) is 0 Å². The van der Waals surface area contributed by atoms with Gasteiger partial charge in [0.05, 0.1) is 0 Å². The van der Waals surface area contributed by atoms with Gasteiger partial charge in [-0.15, -0.1) is 9.42 Å². The quantitative estimate of drug-likeness (QED) is 0.466. The van der Waals surface area contributed by atoms with Gasteiger partial charge in [0.25, 0.3) is 5.91 Å². The minimum atomic E-state index is -2.67. The summed E-state index contributed by atoms with van der Waals surface area (Å²) >= 11 is 0. The molecular weight excluding hydrogens is 283 g/mol.